The lowest BCUT2D eigenvalue weighted by Crippen LogP contribution is -2.28. The van der Waals surface area contributed by atoms with E-state index in [1.807, 2.05) is 6.92 Å². The molecule has 0 aromatic carbocycles. The highest BCUT2D eigenvalue weighted by Gasteiger charge is 2.09. The number of carbonyl (C=O) groups excluding carboxylic acids is 1. The predicted molar refractivity (Wildman–Crippen MR) is 63.3 cm³/mol. The van der Waals surface area contributed by atoms with Crippen molar-refractivity contribution in [2.24, 2.45) is 0 Å². The van der Waals surface area contributed by atoms with Crippen molar-refractivity contribution in [1.29, 1.82) is 0 Å². The monoisotopic (exact) mass is 223 g/mol. The Hall–Kier alpha value is -1.78. The van der Waals surface area contributed by atoms with Gasteiger partial charge in [-0.3, -0.25) is 4.79 Å². The molecular formula is C11H17N3O2. The second kappa shape index (κ2) is 5.34. The van der Waals surface area contributed by atoms with Gasteiger partial charge >= 0.3 is 5.97 Å². The van der Waals surface area contributed by atoms with Crippen LogP contribution in [0.2, 0.25) is 0 Å². The minimum atomic E-state index is -0.263. The molecule has 1 rings (SSSR count). The molecule has 0 amide bonds. The number of hydrogen-bond donors (Lipinski definition) is 1. The second-order valence-corrected chi connectivity index (χ2v) is 3.51. The SMILES string of the molecule is CCOC(=O)CN(C)c1ccc(N)c(C)n1. The lowest BCUT2D eigenvalue weighted by Gasteiger charge is -2.17. The molecule has 0 aliphatic rings. The highest BCUT2D eigenvalue weighted by atomic mass is 16.5. The standard InChI is InChI=1S/C11H17N3O2/c1-4-16-11(15)7-14(3)10-6-5-9(12)8(2)13-10/h5-6H,4,7,12H2,1-3H3. The topological polar surface area (TPSA) is 68.5 Å². The van der Waals surface area contributed by atoms with Crippen LogP contribution in [0.5, 0.6) is 0 Å². The molecule has 0 atom stereocenters. The Bertz CT molecular complexity index is 379. The Morgan fingerprint density at radius 3 is 2.81 bits per heavy atom. The molecule has 0 bridgehead atoms. The number of aromatic nitrogens is 1. The van der Waals surface area contributed by atoms with E-state index in [-0.39, 0.29) is 12.5 Å². The summed E-state index contributed by atoms with van der Waals surface area (Å²) in [4.78, 5) is 17.3. The number of carbonyl (C=O) groups is 1. The number of nitrogens with two attached hydrogens (primary N) is 1. The van der Waals surface area contributed by atoms with Crippen LogP contribution >= 0.6 is 0 Å². The van der Waals surface area contributed by atoms with E-state index in [2.05, 4.69) is 4.98 Å². The zero-order valence-electron chi connectivity index (χ0n) is 9.86. The molecule has 88 valence electrons. The lowest BCUT2D eigenvalue weighted by atomic mass is 10.3. The first-order valence-corrected chi connectivity index (χ1v) is 5.14. The maximum Gasteiger partial charge on any atom is 0.325 e. The molecule has 0 fully saturated rings. The van der Waals surface area contributed by atoms with E-state index >= 15 is 0 Å². The van der Waals surface area contributed by atoms with Gasteiger partial charge in [-0.1, -0.05) is 0 Å². The molecule has 1 heterocycles. The first-order chi connectivity index (χ1) is 7.54. The smallest absolute Gasteiger partial charge is 0.325 e. The van der Waals surface area contributed by atoms with Crippen molar-refractivity contribution < 1.29 is 9.53 Å². The van der Waals surface area contributed by atoms with E-state index in [1.165, 1.54) is 0 Å². The number of ether oxygens (including phenoxy) is 1. The summed E-state index contributed by atoms with van der Waals surface area (Å²) in [6, 6.07) is 3.56. The summed E-state index contributed by atoms with van der Waals surface area (Å²) in [5, 5.41) is 0. The molecule has 0 saturated carbocycles. The van der Waals surface area contributed by atoms with Crippen LogP contribution in [0.3, 0.4) is 0 Å². The molecule has 1 aromatic heterocycles. The van der Waals surface area contributed by atoms with Gasteiger partial charge in [0, 0.05) is 7.05 Å². The van der Waals surface area contributed by atoms with Crippen molar-refractivity contribution in [3.8, 4) is 0 Å². The maximum atomic E-state index is 11.3. The van der Waals surface area contributed by atoms with Gasteiger partial charge in [0.1, 0.15) is 12.4 Å². The molecule has 0 aliphatic heterocycles. The van der Waals surface area contributed by atoms with E-state index in [9.17, 15) is 4.79 Å². The van der Waals surface area contributed by atoms with Crippen molar-refractivity contribution in [1.82, 2.24) is 4.98 Å². The van der Waals surface area contributed by atoms with Gasteiger partial charge < -0.3 is 15.4 Å². The van der Waals surface area contributed by atoms with Crippen LogP contribution in [0.25, 0.3) is 0 Å². The van der Waals surface area contributed by atoms with Gasteiger partial charge in [0.05, 0.1) is 18.0 Å². The Morgan fingerprint density at radius 2 is 2.25 bits per heavy atom. The third-order valence-electron chi connectivity index (χ3n) is 2.17. The number of hydrogen-bond acceptors (Lipinski definition) is 5. The quantitative estimate of drug-likeness (QED) is 0.770. The molecule has 0 unspecified atom stereocenters. The molecule has 2 N–H and O–H groups in total. The third-order valence-corrected chi connectivity index (χ3v) is 2.17. The van der Waals surface area contributed by atoms with Crippen molar-refractivity contribution in [3.63, 3.8) is 0 Å². The van der Waals surface area contributed by atoms with Gasteiger partial charge in [-0.05, 0) is 26.0 Å². The average molecular weight is 223 g/mol. The molecule has 1 aromatic rings. The Labute approximate surface area is 95.2 Å². The zero-order valence-corrected chi connectivity index (χ0v) is 9.86. The van der Waals surface area contributed by atoms with Crippen molar-refractivity contribution in [3.05, 3.63) is 17.8 Å². The fourth-order valence-electron chi connectivity index (χ4n) is 1.25. The van der Waals surface area contributed by atoms with Crippen LogP contribution in [0, 0.1) is 6.92 Å². The number of anilines is 2. The molecule has 0 radical (unpaired) electrons. The summed E-state index contributed by atoms with van der Waals surface area (Å²) in [6.45, 7) is 4.19. The summed E-state index contributed by atoms with van der Waals surface area (Å²) < 4.78 is 4.85. The van der Waals surface area contributed by atoms with Gasteiger partial charge in [-0.15, -0.1) is 0 Å². The van der Waals surface area contributed by atoms with Gasteiger partial charge in [-0.25, -0.2) is 4.98 Å². The van der Waals surface area contributed by atoms with E-state index in [1.54, 1.807) is 31.0 Å². The molecule has 0 saturated heterocycles. The van der Waals surface area contributed by atoms with Crippen LogP contribution in [0.1, 0.15) is 12.6 Å². The molecule has 5 nitrogen and oxygen atoms in total. The Morgan fingerprint density at radius 1 is 1.56 bits per heavy atom. The largest absolute Gasteiger partial charge is 0.465 e. The number of aryl methyl sites for hydroxylation is 1. The van der Waals surface area contributed by atoms with Crippen LogP contribution in [0.15, 0.2) is 12.1 Å². The second-order valence-electron chi connectivity index (χ2n) is 3.51. The normalized spacial score (nSPS) is 9.94. The van der Waals surface area contributed by atoms with Crippen LogP contribution < -0.4 is 10.6 Å². The summed E-state index contributed by atoms with van der Waals surface area (Å²) in [6.07, 6.45) is 0. The van der Waals surface area contributed by atoms with Gasteiger partial charge in [0.25, 0.3) is 0 Å². The molecule has 5 heteroatoms. The highest BCUT2D eigenvalue weighted by molar-refractivity contribution is 5.75. The Kier molecular flexibility index (Phi) is 4.10. The van der Waals surface area contributed by atoms with Crippen LogP contribution in [-0.2, 0) is 9.53 Å². The number of nitrogen functional groups attached to an aromatic ring is 1. The highest BCUT2D eigenvalue weighted by Crippen LogP contribution is 2.14. The molecule has 0 aliphatic carbocycles. The number of nitrogens with zero attached hydrogens (tertiary/aromatic N) is 2. The zero-order chi connectivity index (χ0) is 12.1. The fraction of sp³-hybridized carbons (Fsp3) is 0.455. The fourth-order valence-corrected chi connectivity index (χ4v) is 1.25. The summed E-state index contributed by atoms with van der Waals surface area (Å²) in [5.41, 5.74) is 7.07. The first-order valence-electron chi connectivity index (χ1n) is 5.14. The third kappa shape index (κ3) is 3.12. The van der Waals surface area contributed by atoms with Crippen molar-refractivity contribution in [2.45, 2.75) is 13.8 Å². The minimum Gasteiger partial charge on any atom is -0.465 e. The number of rotatable bonds is 4. The van der Waals surface area contributed by atoms with Gasteiger partial charge in [0.15, 0.2) is 0 Å². The number of likely N-dealkylation sites (N-methyl/N-ethyl adjacent to an activating group) is 1. The predicted octanol–water partition coefficient (Wildman–Crippen LogP) is 0.972. The van der Waals surface area contributed by atoms with Crippen molar-refractivity contribution in [2.75, 3.05) is 30.8 Å². The van der Waals surface area contributed by atoms with E-state index in [0.29, 0.717) is 18.1 Å². The van der Waals surface area contributed by atoms with Gasteiger partial charge in [-0.2, -0.15) is 0 Å². The molecular weight excluding hydrogens is 206 g/mol. The number of pyridine rings is 1. The Balaban J connectivity index is 2.69. The van der Waals surface area contributed by atoms with E-state index in [4.69, 9.17) is 10.5 Å². The first kappa shape index (κ1) is 12.3. The number of esters is 1. The summed E-state index contributed by atoms with van der Waals surface area (Å²) in [7, 11) is 1.79. The summed E-state index contributed by atoms with van der Waals surface area (Å²) >= 11 is 0. The lowest BCUT2D eigenvalue weighted by molar-refractivity contribution is -0.141. The van der Waals surface area contributed by atoms with Crippen LogP contribution in [0.4, 0.5) is 11.5 Å². The minimum absolute atomic E-state index is 0.185. The van der Waals surface area contributed by atoms with E-state index in [0.717, 1.165) is 5.69 Å². The van der Waals surface area contributed by atoms with Crippen LogP contribution in [-0.4, -0.2) is 31.2 Å². The molecule has 0 spiro atoms. The maximum absolute atomic E-state index is 11.3. The summed E-state index contributed by atoms with van der Waals surface area (Å²) in [5.74, 6) is 0.445. The van der Waals surface area contributed by atoms with Gasteiger partial charge in [0.2, 0.25) is 0 Å². The average Bonchev–Trinajstić information content (AvgIpc) is 2.22. The van der Waals surface area contributed by atoms with E-state index < -0.39 is 0 Å². The molecule has 16 heavy (non-hydrogen) atoms. The van der Waals surface area contributed by atoms with Crippen molar-refractivity contribution >= 4 is 17.5 Å².